The number of nitrogens with zero attached hydrogens (tertiary/aromatic N) is 1. The Bertz CT molecular complexity index is 498. The summed E-state index contributed by atoms with van der Waals surface area (Å²) in [6.45, 7) is 2.03. The van der Waals surface area contributed by atoms with Gasteiger partial charge in [-0.3, -0.25) is 4.21 Å². The molecule has 0 radical (unpaired) electrons. The normalized spacial score (nSPS) is 12.4. The van der Waals surface area contributed by atoms with E-state index in [0.29, 0.717) is 5.52 Å². The van der Waals surface area contributed by atoms with Gasteiger partial charge < -0.3 is 9.54 Å². The molecule has 1 unspecified atom stereocenters. The van der Waals surface area contributed by atoms with Crippen molar-refractivity contribution in [2.45, 2.75) is 18.4 Å². The minimum Gasteiger partial charge on any atom is -0.767 e. The largest absolute Gasteiger partial charge is 1.00 e. The molecule has 2 aromatic rings. The molecule has 15 heavy (non-hydrogen) atoms. The summed E-state index contributed by atoms with van der Waals surface area (Å²) in [5, 5.41) is 0.0825. The van der Waals surface area contributed by atoms with Crippen LogP contribution in [-0.4, -0.2) is 18.7 Å². The molecule has 0 amide bonds. The van der Waals surface area contributed by atoms with Crippen LogP contribution in [0.1, 0.15) is 12.6 Å². The Morgan fingerprint density at radius 2 is 2.27 bits per heavy atom. The number of H-pyrrole nitrogens is 1. The summed E-state index contributed by atoms with van der Waals surface area (Å²) in [5.74, 6) is 0. The zero-order chi connectivity index (χ0) is 10.1. The average molecular weight is 232 g/mol. The van der Waals surface area contributed by atoms with Crippen LogP contribution in [0.4, 0.5) is 0 Å². The molecule has 1 atom stereocenters. The van der Waals surface area contributed by atoms with E-state index in [2.05, 4.69) is 9.97 Å². The average Bonchev–Trinajstić information content (AvgIpc) is 2.58. The standard InChI is InChI=1S/C9H10N2O2S.Na/c1-2-6-5-8-7(10-6)3-4-9(11-8)14(12)13;/h3-5,10H,2H2,1H3,(H,12,13);/q;+1/p-1. The van der Waals surface area contributed by atoms with E-state index in [9.17, 15) is 8.76 Å². The van der Waals surface area contributed by atoms with Gasteiger partial charge in [0.05, 0.1) is 11.0 Å². The Morgan fingerprint density at radius 3 is 2.87 bits per heavy atom. The van der Waals surface area contributed by atoms with Crippen molar-refractivity contribution in [2.24, 2.45) is 0 Å². The monoisotopic (exact) mass is 232 g/mol. The summed E-state index contributed by atoms with van der Waals surface area (Å²) < 4.78 is 21.3. The van der Waals surface area contributed by atoms with Crippen molar-refractivity contribution in [2.75, 3.05) is 0 Å². The molecule has 0 saturated heterocycles. The third kappa shape index (κ3) is 2.68. The van der Waals surface area contributed by atoms with Gasteiger partial charge >= 0.3 is 29.6 Å². The maximum atomic E-state index is 10.6. The van der Waals surface area contributed by atoms with Gasteiger partial charge in [-0.15, -0.1) is 0 Å². The number of fused-ring (bicyclic) bond motifs is 1. The predicted molar refractivity (Wildman–Crippen MR) is 52.7 cm³/mol. The second kappa shape index (κ2) is 5.23. The van der Waals surface area contributed by atoms with Gasteiger partial charge in [-0.05, 0) is 35.7 Å². The minimum absolute atomic E-state index is 0. The van der Waals surface area contributed by atoms with E-state index in [-0.39, 0.29) is 34.6 Å². The molecular formula is C9H9N2NaO2S. The van der Waals surface area contributed by atoms with Gasteiger partial charge in [0.25, 0.3) is 0 Å². The maximum Gasteiger partial charge on any atom is 1.00 e. The number of aromatic nitrogens is 2. The molecule has 1 N–H and O–H groups in total. The van der Waals surface area contributed by atoms with Gasteiger partial charge in [0.1, 0.15) is 5.03 Å². The van der Waals surface area contributed by atoms with Gasteiger partial charge in [0.2, 0.25) is 0 Å². The van der Waals surface area contributed by atoms with Crippen LogP contribution in [-0.2, 0) is 17.5 Å². The fraction of sp³-hybridized carbons (Fsp3) is 0.222. The summed E-state index contributed by atoms with van der Waals surface area (Å²) in [6.07, 6.45) is 0.881. The minimum atomic E-state index is -2.25. The van der Waals surface area contributed by atoms with Gasteiger partial charge in [-0.25, -0.2) is 4.98 Å². The first-order chi connectivity index (χ1) is 6.70. The topological polar surface area (TPSA) is 68.8 Å². The Balaban J connectivity index is 0.00000112. The van der Waals surface area contributed by atoms with Crippen LogP contribution in [0.3, 0.4) is 0 Å². The fourth-order valence-corrected chi connectivity index (χ4v) is 1.68. The van der Waals surface area contributed by atoms with Crippen molar-refractivity contribution >= 4 is 22.1 Å². The molecule has 0 aliphatic heterocycles. The second-order valence-electron chi connectivity index (χ2n) is 2.97. The number of nitrogens with one attached hydrogen (secondary N) is 1. The zero-order valence-electron chi connectivity index (χ0n) is 8.61. The van der Waals surface area contributed by atoms with E-state index in [1.54, 1.807) is 6.07 Å². The van der Waals surface area contributed by atoms with Crippen molar-refractivity contribution < 1.29 is 38.3 Å². The van der Waals surface area contributed by atoms with Crippen molar-refractivity contribution in [1.29, 1.82) is 0 Å². The molecular weight excluding hydrogens is 223 g/mol. The van der Waals surface area contributed by atoms with Crippen molar-refractivity contribution in [1.82, 2.24) is 9.97 Å². The number of hydrogen-bond acceptors (Lipinski definition) is 3. The Morgan fingerprint density at radius 1 is 1.53 bits per heavy atom. The van der Waals surface area contributed by atoms with Gasteiger partial charge in [-0.1, -0.05) is 6.92 Å². The molecule has 2 aromatic heterocycles. The molecule has 0 saturated carbocycles. The van der Waals surface area contributed by atoms with E-state index >= 15 is 0 Å². The van der Waals surface area contributed by atoms with Crippen molar-refractivity contribution in [3.63, 3.8) is 0 Å². The summed E-state index contributed by atoms with van der Waals surface area (Å²) in [7, 11) is 0. The number of aryl methyl sites for hydroxylation is 1. The molecule has 0 aromatic carbocycles. The third-order valence-electron chi connectivity index (χ3n) is 2.06. The molecule has 0 aliphatic rings. The molecule has 6 heteroatoms. The summed E-state index contributed by atoms with van der Waals surface area (Å²) in [5.41, 5.74) is 2.63. The van der Waals surface area contributed by atoms with E-state index < -0.39 is 11.1 Å². The SMILES string of the molecule is CCc1cc2nc(S(=O)[O-])ccc2[nH]1.[Na+]. The second-order valence-corrected chi connectivity index (χ2v) is 3.85. The molecule has 2 rings (SSSR count). The Hall–Kier alpha value is -0.200. The summed E-state index contributed by atoms with van der Waals surface area (Å²) in [6, 6.07) is 5.08. The van der Waals surface area contributed by atoms with E-state index in [1.807, 2.05) is 13.0 Å². The Kier molecular flexibility index (Phi) is 4.48. The van der Waals surface area contributed by atoms with Crippen LogP contribution < -0.4 is 29.6 Å². The van der Waals surface area contributed by atoms with Crippen LogP contribution in [0.5, 0.6) is 0 Å². The molecule has 2 heterocycles. The summed E-state index contributed by atoms with van der Waals surface area (Å²) >= 11 is -2.25. The smallest absolute Gasteiger partial charge is 0.767 e. The number of hydrogen-bond donors (Lipinski definition) is 1. The first-order valence-electron chi connectivity index (χ1n) is 4.28. The first kappa shape index (κ1) is 12.9. The fourth-order valence-electron chi connectivity index (χ4n) is 1.33. The van der Waals surface area contributed by atoms with Crippen LogP contribution in [0.15, 0.2) is 23.2 Å². The van der Waals surface area contributed by atoms with Crippen LogP contribution in [0.25, 0.3) is 11.0 Å². The molecule has 0 fully saturated rings. The number of rotatable bonds is 2. The van der Waals surface area contributed by atoms with E-state index in [4.69, 9.17) is 0 Å². The molecule has 4 nitrogen and oxygen atoms in total. The van der Waals surface area contributed by atoms with E-state index in [0.717, 1.165) is 17.6 Å². The van der Waals surface area contributed by atoms with Crippen LogP contribution in [0.2, 0.25) is 0 Å². The molecule has 0 spiro atoms. The van der Waals surface area contributed by atoms with Crippen molar-refractivity contribution in [3.05, 3.63) is 23.9 Å². The molecule has 0 bridgehead atoms. The molecule has 0 aliphatic carbocycles. The zero-order valence-corrected chi connectivity index (χ0v) is 11.4. The number of aromatic amines is 1. The maximum absolute atomic E-state index is 10.6. The molecule has 74 valence electrons. The van der Waals surface area contributed by atoms with Gasteiger partial charge in [-0.2, -0.15) is 0 Å². The van der Waals surface area contributed by atoms with Gasteiger partial charge in [0.15, 0.2) is 0 Å². The quantitative estimate of drug-likeness (QED) is 0.499. The Labute approximate surface area is 112 Å². The summed E-state index contributed by atoms with van der Waals surface area (Å²) in [4.78, 5) is 7.15. The predicted octanol–water partition coefficient (Wildman–Crippen LogP) is -1.63. The third-order valence-corrected chi connectivity index (χ3v) is 2.63. The van der Waals surface area contributed by atoms with E-state index in [1.165, 1.54) is 6.07 Å². The van der Waals surface area contributed by atoms with Crippen LogP contribution >= 0.6 is 0 Å². The first-order valence-corrected chi connectivity index (χ1v) is 5.36. The van der Waals surface area contributed by atoms with Crippen LogP contribution in [0, 0.1) is 0 Å². The number of pyridine rings is 1. The van der Waals surface area contributed by atoms with Gasteiger partial charge in [0, 0.05) is 5.69 Å². The van der Waals surface area contributed by atoms with Crippen molar-refractivity contribution in [3.8, 4) is 0 Å².